The predicted molar refractivity (Wildman–Crippen MR) is 113 cm³/mol. The van der Waals surface area contributed by atoms with Crippen molar-refractivity contribution in [1.82, 2.24) is 5.32 Å². The van der Waals surface area contributed by atoms with E-state index in [1.165, 1.54) is 11.1 Å². The van der Waals surface area contributed by atoms with Gasteiger partial charge in [-0.3, -0.25) is 0 Å². The zero-order valence-corrected chi connectivity index (χ0v) is 16.8. The number of hydrogen-bond donors (Lipinski definition) is 1. The van der Waals surface area contributed by atoms with Gasteiger partial charge in [0, 0.05) is 11.6 Å². The van der Waals surface area contributed by atoms with Crippen LogP contribution in [0.4, 0.5) is 0 Å². The van der Waals surface area contributed by atoms with Gasteiger partial charge in [0.05, 0.1) is 14.2 Å². The average Bonchev–Trinajstić information content (AvgIpc) is 2.73. The molecule has 0 saturated carbocycles. The van der Waals surface area contributed by atoms with Crippen molar-refractivity contribution in [2.45, 2.75) is 13.0 Å². The van der Waals surface area contributed by atoms with E-state index in [1.54, 1.807) is 14.2 Å². The van der Waals surface area contributed by atoms with Gasteiger partial charge in [0.1, 0.15) is 11.5 Å². The van der Waals surface area contributed by atoms with Gasteiger partial charge in [0.15, 0.2) is 11.5 Å². The molecule has 146 valence electrons. The summed E-state index contributed by atoms with van der Waals surface area (Å²) in [5.74, 6) is 3.08. The molecule has 0 bridgehead atoms. The Hall–Kier alpha value is -2.69. The second kappa shape index (κ2) is 10.0. The summed E-state index contributed by atoms with van der Waals surface area (Å²) in [5, 5.41) is 4.16. The second-order valence-electron chi connectivity index (χ2n) is 6.32. The molecule has 0 atom stereocenters. The van der Waals surface area contributed by atoms with E-state index < -0.39 is 0 Å². The van der Waals surface area contributed by atoms with E-state index in [0.717, 1.165) is 42.5 Å². The van der Waals surface area contributed by atoms with Crippen molar-refractivity contribution in [2.75, 3.05) is 20.8 Å². The monoisotopic (exact) mass is 397 g/mol. The van der Waals surface area contributed by atoms with Crippen LogP contribution < -0.4 is 19.5 Å². The number of methoxy groups -OCH3 is 2. The zero-order valence-electron chi connectivity index (χ0n) is 16.1. The van der Waals surface area contributed by atoms with Crippen molar-refractivity contribution in [1.29, 1.82) is 0 Å². The lowest BCUT2D eigenvalue weighted by molar-refractivity contribution is 0.354. The van der Waals surface area contributed by atoms with Crippen LogP contribution in [0.15, 0.2) is 66.7 Å². The number of rotatable bonds is 9. The molecule has 0 aromatic heterocycles. The van der Waals surface area contributed by atoms with Crippen LogP contribution in [0.3, 0.4) is 0 Å². The maximum Gasteiger partial charge on any atom is 0.160 e. The highest BCUT2D eigenvalue weighted by Crippen LogP contribution is 2.27. The van der Waals surface area contributed by atoms with Gasteiger partial charge in [0.2, 0.25) is 0 Å². The first-order chi connectivity index (χ1) is 13.7. The number of halogens is 1. The summed E-state index contributed by atoms with van der Waals surface area (Å²) in [6, 6.07) is 21.4. The van der Waals surface area contributed by atoms with Gasteiger partial charge in [0.25, 0.3) is 0 Å². The van der Waals surface area contributed by atoms with Gasteiger partial charge in [-0.1, -0.05) is 29.8 Å². The number of benzene rings is 3. The summed E-state index contributed by atoms with van der Waals surface area (Å²) >= 11 is 5.91. The largest absolute Gasteiger partial charge is 0.493 e. The van der Waals surface area contributed by atoms with E-state index in [9.17, 15) is 0 Å². The molecule has 0 radical (unpaired) electrons. The third-order valence-electron chi connectivity index (χ3n) is 4.32. The summed E-state index contributed by atoms with van der Waals surface area (Å²) in [4.78, 5) is 0. The van der Waals surface area contributed by atoms with Crippen LogP contribution in [0.25, 0.3) is 0 Å². The lowest BCUT2D eigenvalue weighted by atomic mass is 10.1. The Morgan fingerprint density at radius 1 is 0.786 bits per heavy atom. The first kappa shape index (κ1) is 20.1. The minimum atomic E-state index is 0.694. The van der Waals surface area contributed by atoms with Crippen LogP contribution in [0.2, 0.25) is 5.02 Å². The van der Waals surface area contributed by atoms with Crippen LogP contribution >= 0.6 is 11.6 Å². The standard InChI is InChI=1S/C23H24ClNO3/c1-26-22-11-6-17(15-23(22)27-2)12-13-25-16-18-4-3-5-21(14-18)28-20-9-7-19(24)8-10-20/h3-11,14-15,25H,12-13,16H2,1-2H3. The third-order valence-corrected chi connectivity index (χ3v) is 4.57. The van der Waals surface area contributed by atoms with E-state index >= 15 is 0 Å². The van der Waals surface area contributed by atoms with Gasteiger partial charge in [-0.05, 0) is 72.6 Å². The van der Waals surface area contributed by atoms with Gasteiger partial charge in [-0.2, -0.15) is 0 Å². The normalized spacial score (nSPS) is 10.5. The van der Waals surface area contributed by atoms with Crippen molar-refractivity contribution < 1.29 is 14.2 Å². The summed E-state index contributed by atoms with van der Waals surface area (Å²) in [7, 11) is 3.29. The van der Waals surface area contributed by atoms with Crippen LogP contribution in [-0.2, 0) is 13.0 Å². The van der Waals surface area contributed by atoms with Crippen LogP contribution in [0, 0.1) is 0 Å². The smallest absolute Gasteiger partial charge is 0.160 e. The molecule has 3 aromatic rings. The lowest BCUT2D eigenvalue weighted by Crippen LogP contribution is -2.16. The van der Waals surface area contributed by atoms with E-state index in [4.69, 9.17) is 25.8 Å². The highest BCUT2D eigenvalue weighted by Gasteiger charge is 2.04. The third kappa shape index (κ3) is 5.65. The van der Waals surface area contributed by atoms with Crippen LogP contribution in [-0.4, -0.2) is 20.8 Å². The predicted octanol–water partition coefficient (Wildman–Crippen LogP) is 5.48. The molecular formula is C23H24ClNO3. The minimum Gasteiger partial charge on any atom is -0.493 e. The molecule has 3 rings (SSSR count). The average molecular weight is 398 g/mol. The minimum absolute atomic E-state index is 0.694. The van der Waals surface area contributed by atoms with E-state index in [2.05, 4.69) is 17.4 Å². The molecule has 0 spiro atoms. The Balaban J connectivity index is 1.50. The van der Waals surface area contributed by atoms with Gasteiger partial charge in [-0.25, -0.2) is 0 Å². The van der Waals surface area contributed by atoms with Crippen LogP contribution in [0.5, 0.6) is 23.0 Å². The van der Waals surface area contributed by atoms with Crippen molar-refractivity contribution in [2.24, 2.45) is 0 Å². The molecule has 28 heavy (non-hydrogen) atoms. The van der Waals surface area contributed by atoms with Crippen LogP contribution in [0.1, 0.15) is 11.1 Å². The zero-order chi connectivity index (χ0) is 19.8. The lowest BCUT2D eigenvalue weighted by Gasteiger charge is -2.11. The maximum absolute atomic E-state index is 5.91. The Labute approximate surface area is 171 Å². The maximum atomic E-state index is 5.91. The number of hydrogen-bond acceptors (Lipinski definition) is 4. The number of nitrogens with one attached hydrogen (secondary N) is 1. The molecular weight excluding hydrogens is 374 g/mol. The van der Waals surface area contributed by atoms with E-state index in [-0.39, 0.29) is 0 Å². The highest BCUT2D eigenvalue weighted by atomic mass is 35.5. The molecule has 0 saturated heterocycles. The van der Waals surface area contributed by atoms with Crippen molar-refractivity contribution in [3.05, 3.63) is 82.9 Å². The fourth-order valence-electron chi connectivity index (χ4n) is 2.86. The van der Waals surface area contributed by atoms with Gasteiger partial charge >= 0.3 is 0 Å². The molecule has 0 aliphatic carbocycles. The van der Waals surface area contributed by atoms with Crippen molar-refractivity contribution >= 4 is 11.6 Å². The van der Waals surface area contributed by atoms with E-state index in [1.807, 2.05) is 54.6 Å². The first-order valence-corrected chi connectivity index (χ1v) is 9.49. The quantitative estimate of drug-likeness (QED) is 0.485. The molecule has 0 unspecified atom stereocenters. The molecule has 0 heterocycles. The molecule has 0 amide bonds. The SMILES string of the molecule is COc1ccc(CCNCc2cccc(Oc3ccc(Cl)cc3)c2)cc1OC. The van der Waals surface area contributed by atoms with Crippen molar-refractivity contribution in [3.63, 3.8) is 0 Å². The summed E-state index contributed by atoms with van der Waals surface area (Å²) < 4.78 is 16.5. The molecule has 0 fully saturated rings. The first-order valence-electron chi connectivity index (χ1n) is 9.12. The van der Waals surface area contributed by atoms with Gasteiger partial charge in [-0.15, -0.1) is 0 Å². The molecule has 3 aromatic carbocycles. The number of ether oxygens (including phenoxy) is 3. The Kier molecular flexibility index (Phi) is 7.18. The van der Waals surface area contributed by atoms with Gasteiger partial charge < -0.3 is 19.5 Å². The Morgan fingerprint density at radius 2 is 1.57 bits per heavy atom. The summed E-state index contributed by atoms with van der Waals surface area (Å²) in [6.45, 7) is 1.63. The highest BCUT2D eigenvalue weighted by molar-refractivity contribution is 6.30. The molecule has 4 nitrogen and oxygen atoms in total. The fourth-order valence-corrected chi connectivity index (χ4v) is 2.99. The fraction of sp³-hybridized carbons (Fsp3) is 0.217. The second-order valence-corrected chi connectivity index (χ2v) is 6.76. The Morgan fingerprint density at radius 3 is 2.32 bits per heavy atom. The molecule has 1 N–H and O–H groups in total. The summed E-state index contributed by atoms with van der Waals surface area (Å²) in [5.41, 5.74) is 2.36. The summed E-state index contributed by atoms with van der Waals surface area (Å²) in [6.07, 6.45) is 0.904. The topological polar surface area (TPSA) is 39.7 Å². The van der Waals surface area contributed by atoms with E-state index in [0.29, 0.717) is 5.02 Å². The Bertz CT molecular complexity index is 897. The molecule has 5 heteroatoms. The molecule has 0 aliphatic heterocycles. The molecule has 0 aliphatic rings. The van der Waals surface area contributed by atoms with Crippen molar-refractivity contribution in [3.8, 4) is 23.0 Å².